The number of nitrogens with zero attached hydrogens (tertiary/aromatic N) is 2. The highest BCUT2D eigenvalue weighted by Gasteiger charge is 2.25. The molecule has 0 amide bonds. The van der Waals surface area contributed by atoms with Gasteiger partial charge in [0.1, 0.15) is 0 Å². The highest BCUT2D eigenvalue weighted by molar-refractivity contribution is 6.30. The second-order valence-corrected chi connectivity index (χ2v) is 6.10. The van der Waals surface area contributed by atoms with Gasteiger partial charge in [0.05, 0.1) is 0 Å². The fourth-order valence-electron chi connectivity index (χ4n) is 3.11. The van der Waals surface area contributed by atoms with Crippen molar-refractivity contribution >= 4 is 11.6 Å². The van der Waals surface area contributed by atoms with Gasteiger partial charge in [-0.05, 0) is 50.1 Å². The Balaban J connectivity index is 1.70. The van der Waals surface area contributed by atoms with Gasteiger partial charge < -0.3 is 9.84 Å². The summed E-state index contributed by atoms with van der Waals surface area (Å²) < 4.78 is 5.41. The third kappa shape index (κ3) is 3.44. The normalized spacial score (nSPS) is 17.2. The van der Waals surface area contributed by atoms with E-state index in [1.165, 1.54) is 25.7 Å². The maximum absolute atomic E-state index is 5.89. The monoisotopic (exact) mass is 305 g/mol. The van der Waals surface area contributed by atoms with Gasteiger partial charge in [-0.15, -0.1) is 0 Å². The molecule has 0 bridgehead atoms. The summed E-state index contributed by atoms with van der Waals surface area (Å²) >= 11 is 5.89. The number of likely N-dealkylation sites (N-methyl/N-ethyl adjacent to an activating group) is 1. The van der Waals surface area contributed by atoms with Crippen LogP contribution in [-0.2, 0) is 6.42 Å². The fraction of sp³-hybridized carbons (Fsp3) is 0.500. The zero-order chi connectivity index (χ0) is 14.7. The summed E-state index contributed by atoms with van der Waals surface area (Å²) in [6.07, 6.45) is 6.06. The van der Waals surface area contributed by atoms with Gasteiger partial charge in [-0.25, -0.2) is 0 Å². The van der Waals surface area contributed by atoms with Crippen molar-refractivity contribution in [2.45, 2.75) is 38.1 Å². The number of rotatable bonds is 5. The number of hydrogen-bond acceptors (Lipinski definition) is 4. The number of hydrogen-bond donors (Lipinski definition) is 1. The van der Waals surface area contributed by atoms with Crippen LogP contribution in [0.5, 0.6) is 0 Å². The SMILES string of the molecule is CNC(Cc1nc(-c2ccc(Cl)cc2)no1)C1CCCC1. The topological polar surface area (TPSA) is 51.0 Å². The van der Waals surface area contributed by atoms with Crippen molar-refractivity contribution < 1.29 is 4.52 Å². The molecule has 1 aliphatic carbocycles. The summed E-state index contributed by atoms with van der Waals surface area (Å²) in [6, 6.07) is 7.91. The smallest absolute Gasteiger partial charge is 0.228 e. The highest BCUT2D eigenvalue weighted by atomic mass is 35.5. The van der Waals surface area contributed by atoms with Crippen LogP contribution in [0.3, 0.4) is 0 Å². The zero-order valence-corrected chi connectivity index (χ0v) is 12.9. The minimum Gasteiger partial charge on any atom is -0.339 e. The minimum absolute atomic E-state index is 0.422. The second kappa shape index (κ2) is 6.58. The van der Waals surface area contributed by atoms with E-state index in [0.717, 1.165) is 17.9 Å². The third-order valence-electron chi connectivity index (χ3n) is 4.30. The van der Waals surface area contributed by atoms with Crippen LogP contribution in [0.4, 0.5) is 0 Å². The van der Waals surface area contributed by atoms with Crippen LogP contribution in [0.2, 0.25) is 5.02 Å². The van der Waals surface area contributed by atoms with Crippen molar-refractivity contribution in [2.75, 3.05) is 7.05 Å². The van der Waals surface area contributed by atoms with E-state index in [-0.39, 0.29) is 0 Å². The van der Waals surface area contributed by atoms with Crippen LogP contribution in [-0.4, -0.2) is 23.2 Å². The second-order valence-electron chi connectivity index (χ2n) is 5.66. The predicted molar refractivity (Wildman–Crippen MR) is 83.3 cm³/mol. The lowest BCUT2D eigenvalue weighted by atomic mass is 9.95. The quantitative estimate of drug-likeness (QED) is 0.915. The first-order chi connectivity index (χ1) is 10.3. The molecule has 1 aromatic carbocycles. The van der Waals surface area contributed by atoms with E-state index in [4.69, 9.17) is 16.1 Å². The molecule has 1 heterocycles. The maximum Gasteiger partial charge on any atom is 0.228 e. The molecule has 1 atom stereocenters. The van der Waals surface area contributed by atoms with Gasteiger partial charge in [0, 0.05) is 23.0 Å². The summed E-state index contributed by atoms with van der Waals surface area (Å²) in [7, 11) is 2.01. The Bertz CT molecular complexity index is 575. The number of benzene rings is 1. The van der Waals surface area contributed by atoms with Gasteiger partial charge in [-0.2, -0.15) is 4.98 Å². The number of nitrogens with one attached hydrogen (secondary N) is 1. The van der Waals surface area contributed by atoms with Crippen molar-refractivity contribution in [3.8, 4) is 11.4 Å². The first-order valence-corrected chi connectivity index (χ1v) is 7.90. The summed E-state index contributed by atoms with van der Waals surface area (Å²) in [4.78, 5) is 4.51. The van der Waals surface area contributed by atoms with Crippen LogP contribution in [0.15, 0.2) is 28.8 Å². The molecule has 3 rings (SSSR count). The molecule has 1 N–H and O–H groups in total. The zero-order valence-electron chi connectivity index (χ0n) is 12.2. The Morgan fingerprint density at radius 1 is 1.29 bits per heavy atom. The lowest BCUT2D eigenvalue weighted by Crippen LogP contribution is -2.34. The molecule has 1 fully saturated rings. The molecule has 1 aliphatic rings. The Kier molecular flexibility index (Phi) is 4.56. The number of halogens is 1. The van der Waals surface area contributed by atoms with Crippen molar-refractivity contribution in [1.29, 1.82) is 0 Å². The first-order valence-electron chi connectivity index (χ1n) is 7.52. The summed E-state index contributed by atoms with van der Waals surface area (Å²) in [5.41, 5.74) is 0.927. The molecule has 1 unspecified atom stereocenters. The van der Waals surface area contributed by atoms with Gasteiger partial charge in [0.25, 0.3) is 0 Å². The lowest BCUT2D eigenvalue weighted by Gasteiger charge is -2.20. The predicted octanol–water partition coefficient (Wildman–Crippen LogP) is 3.71. The molecular formula is C16H20ClN3O. The molecule has 0 aliphatic heterocycles. The lowest BCUT2D eigenvalue weighted by molar-refractivity contribution is 0.318. The average Bonchev–Trinajstić information content (AvgIpc) is 3.17. The molecule has 1 saturated carbocycles. The van der Waals surface area contributed by atoms with E-state index in [1.807, 2.05) is 31.3 Å². The summed E-state index contributed by atoms with van der Waals surface area (Å²) in [5, 5.41) is 8.18. The van der Waals surface area contributed by atoms with Crippen LogP contribution < -0.4 is 5.32 Å². The maximum atomic E-state index is 5.89. The third-order valence-corrected chi connectivity index (χ3v) is 4.56. The molecular weight excluding hydrogens is 286 g/mol. The highest BCUT2D eigenvalue weighted by Crippen LogP contribution is 2.29. The Labute approximate surface area is 129 Å². The van der Waals surface area contributed by atoms with Crippen LogP contribution in [0, 0.1) is 5.92 Å². The van der Waals surface area contributed by atoms with Gasteiger partial charge in [0.2, 0.25) is 11.7 Å². The molecule has 0 spiro atoms. The van der Waals surface area contributed by atoms with Gasteiger partial charge in [-0.3, -0.25) is 0 Å². The molecule has 0 radical (unpaired) electrons. The fourth-order valence-corrected chi connectivity index (χ4v) is 3.23. The summed E-state index contributed by atoms with van der Waals surface area (Å²) in [6.45, 7) is 0. The van der Waals surface area contributed by atoms with Crippen LogP contribution >= 0.6 is 11.6 Å². The average molecular weight is 306 g/mol. The molecule has 5 heteroatoms. The first kappa shape index (κ1) is 14.5. The van der Waals surface area contributed by atoms with Gasteiger partial charge >= 0.3 is 0 Å². The molecule has 4 nitrogen and oxygen atoms in total. The van der Waals surface area contributed by atoms with E-state index in [9.17, 15) is 0 Å². The Morgan fingerprint density at radius 2 is 2.00 bits per heavy atom. The minimum atomic E-state index is 0.422. The van der Waals surface area contributed by atoms with E-state index in [2.05, 4.69) is 15.5 Å². The van der Waals surface area contributed by atoms with Crippen molar-refractivity contribution in [3.05, 3.63) is 35.2 Å². The molecule has 0 saturated heterocycles. The van der Waals surface area contributed by atoms with Crippen LogP contribution in [0.25, 0.3) is 11.4 Å². The van der Waals surface area contributed by atoms with E-state index in [0.29, 0.717) is 22.8 Å². The Hall–Kier alpha value is -1.39. The largest absolute Gasteiger partial charge is 0.339 e. The van der Waals surface area contributed by atoms with Gasteiger partial charge in [-0.1, -0.05) is 29.6 Å². The van der Waals surface area contributed by atoms with Crippen molar-refractivity contribution in [3.63, 3.8) is 0 Å². The van der Waals surface area contributed by atoms with Gasteiger partial charge in [0.15, 0.2) is 0 Å². The molecule has 21 heavy (non-hydrogen) atoms. The van der Waals surface area contributed by atoms with Crippen LogP contribution in [0.1, 0.15) is 31.6 Å². The summed E-state index contributed by atoms with van der Waals surface area (Å²) in [5.74, 6) is 2.05. The van der Waals surface area contributed by atoms with E-state index < -0.39 is 0 Å². The standard InChI is InChI=1S/C16H20ClN3O/c1-18-14(11-4-2-3-5-11)10-15-19-16(20-21-15)12-6-8-13(17)9-7-12/h6-9,11,14,18H,2-5,10H2,1H3. The number of aromatic nitrogens is 2. The molecule has 1 aromatic heterocycles. The molecule has 2 aromatic rings. The Morgan fingerprint density at radius 3 is 2.67 bits per heavy atom. The van der Waals surface area contributed by atoms with Crippen molar-refractivity contribution in [1.82, 2.24) is 15.5 Å². The molecule has 112 valence electrons. The van der Waals surface area contributed by atoms with E-state index in [1.54, 1.807) is 0 Å². The van der Waals surface area contributed by atoms with Crippen molar-refractivity contribution in [2.24, 2.45) is 5.92 Å². The van der Waals surface area contributed by atoms with E-state index >= 15 is 0 Å².